The predicted molar refractivity (Wildman–Crippen MR) is 106 cm³/mol. The van der Waals surface area contributed by atoms with Gasteiger partial charge in [0.15, 0.2) is 5.13 Å². The fraction of sp³-hybridized carbons (Fsp3) is 0.0526. The summed E-state index contributed by atoms with van der Waals surface area (Å²) in [6.45, 7) is 0. The lowest BCUT2D eigenvalue weighted by atomic mass is 10.2. The molecule has 0 fully saturated rings. The summed E-state index contributed by atoms with van der Waals surface area (Å²) in [6, 6.07) is 14.7. The summed E-state index contributed by atoms with van der Waals surface area (Å²) in [7, 11) is 1.53. The Hall–Kier alpha value is -3.35. The molecule has 0 atom stereocenters. The lowest BCUT2D eigenvalue weighted by Gasteiger charge is -2.10. The predicted octanol–water partition coefficient (Wildman–Crippen LogP) is 3.78. The third kappa shape index (κ3) is 4.31. The number of benzene rings is 2. The first kappa shape index (κ1) is 19.4. The Morgan fingerprint density at radius 3 is 2.54 bits per heavy atom. The SMILES string of the molecule is COc1ccc(C(=O)Oc2ccccc2C(=O)Nc2nc(S)c(C#N)s2)cc1. The first-order valence-corrected chi connectivity index (χ1v) is 9.14. The molecule has 28 heavy (non-hydrogen) atoms. The van der Waals surface area contributed by atoms with Crippen molar-refractivity contribution in [2.75, 3.05) is 12.4 Å². The highest BCUT2D eigenvalue weighted by molar-refractivity contribution is 7.80. The van der Waals surface area contributed by atoms with Gasteiger partial charge in [-0.15, -0.1) is 12.6 Å². The van der Waals surface area contributed by atoms with Crippen LogP contribution in [0.15, 0.2) is 53.6 Å². The highest BCUT2D eigenvalue weighted by Crippen LogP contribution is 2.27. The van der Waals surface area contributed by atoms with Gasteiger partial charge >= 0.3 is 5.97 Å². The number of carbonyl (C=O) groups is 2. The van der Waals surface area contributed by atoms with E-state index in [0.717, 1.165) is 11.3 Å². The Morgan fingerprint density at radius 2 is 1.89 bits per heavy atom. The molecule has 1 N–H and O–H groups in total. The lowest BCUT2D eigenvalue weighted by molar-refractivity contribution is 0.0733. The van der Waals surface area contributed by atoms with Gasteiger partial charge in [0.1, 0.15) is 27.5 Å². The number of anilines is 1. The van der Waals surface area contributed by atoms with Crippen LogP contribution in [-0.4, -0.2) is 24.0 Å². The van der Waals surface area contributed by atoms with Gasteiger partial charge < -0.3 is 9.47 Å². The number of carbonyl (C=O) groups excluding carboxylic acids is 2. The number of rotatable bonds is 5. The fourth-order valence-corrected chi connectivity index (χ4v) is 3.24. The maximum atomic E-state index is 12.6. The molecule has 0 aliphatic rings. The number of para-hydroxylation sites is 1. The Balaban J connectivity index is 1.79. The van der Waals surface area contributed by atoms with Crippen LogP contribution in [0.3, 0.4) is 0 Å². The van der Waals surface area contributed by atoms with Crippen molar-refractivity contribution in [3.05, 3.63) is 64.5 Å². The third-order valence-corrected chi connectivity index (χ3v) is 4.94. The number of ether oxygens (including phenoxy) is 2. The van der Waals surface area contributed by atoms with Crippen molar-refractivity contribution in [2.24, 2.45) is 0 Å². The first-order valence-electron chi connectivity index (χ1n) is 7.88. The van der Waals surface area contributed by atoms with Gasteiger partial charge in [-0.3, -0.25) is 10.1 Å². The molecule has 0 saturated heterocycles. The molecule has 0 aliphatic carbocycles. The summed E-state index contributed by atoms with van der Waals surface area (Å²) < 4.78 is 10.4. The zero-order valence-corrected chi connectivity index (χ0v) is 16.2. The molecule has 0 bridgehead atoms. The zero-order chi connectivity index (χ0) is 20.1. The molecule has 0 unspecified atom stereocenters. The molecule has 0 spiro atoms. The van der Waals surface area contributed by atoms with E-state index in [1.807, 2.05) is 6.07 Å². The molecule has 3 aromatic rings. The largest absolute Gasteiger partial charge is 0.497 e. The molecule has 7 nitrogen and oxygen atoms in total. The van der Waals surface area contributed by atoms with Crippen molar-refractivity contribution < 1.29 is 19.1 Å². The number of hydrogen-bond acceptors (Lipinski definition) is 8. The number of methoxy groups -OCH3 is 1. The van der Waals surface area contributed by atoms with Crippen molar-refractivity contribution in [2.45, 2.75) is 5.03 Å². The molecule has 140 valence electrons. The van der Waals surface area contributed by atoms with Gasteiger partial charge in [-0.05, 0) is 36.4 Å². The van der Waals surface area contributed by atoms with Gasteiger partial charge in [-0.2, -0.15) is 5.26 Å². The highest BCUT2D eigenvalue weighted by atomic mass is 32.1. The van der Waals surface area contributed by atoms with Gasteiger partial charge in [-0.25, -0.2) is 9.78 Å². The number of thiol groups is 1. The maximum Gasteiger partial charge on any atom is 0.343 e. The van der Waals surface area contributed by atoms with E-state index in [9.17, 15) is 9.59 Å². The molecule has 1 heterocycles. The van der Waals surface area contributed by atoms with E-state index in [-0.39, 0.29) is 26.3 Å². The zero-order valence-electron chi connectivity index (χ0n) is 14.5. The smallest absolute Gasteiger partial charge is 0.343 e. The molecular formula is C19H13N3O4S2. The van der Waals surface area contributed by atoms with Crippen molar-refractivity contribution >= 4 is 41.0 Å². The van der Waals surface area contributed by atoms with Crippen LogP contribution in [0, 0.1) is 11.3 Å². The van der Waals surface area contributed by atoms with Crippen LogP contribution < -0.4 is 14.8 Å². The Labute approximate surface area is 170 Å². The number of nitriles is 1. The number of thiazole rings is 1. The molecule has 0 radical (unpaired) electrons. The second kappa shape index (κ2) is 8.56. The van der Waals surface area contributed by atoms with Crippen molar-refractivity contribution in [1.29, 1.82) is 5.26 Å². The van der Waals surface area contributed by atoms with E-state index in [0.29, 0.717) is 11.3 Å². The van der Waals surface area contributed by atoms with Crippen LogP contribution >= 0.6 is 24.0 Å². The number of nitrogens with zero attached hydrogens (tertiary/aromatic N) is 2. The van der Waals surface area contributed by atoms with Crippen LogP contribution in [0.25, 0.3) is 0 Å². The van der Waals surface area contributed by atoms with Crippen molar-refractivity contribution in [3.8, 4) is 17.6 Å². The van der Waals surface area contributed by atoms with E-state index in [4.69, 9.17) is 14.7 Å². The summed E-state index contributed by atoms with van der Waals surface area (Å²) in [5, 5.41) is 12.0. The summed E-state index contributed by atoms with van der Waals surface area (Å²) in [5.41, 5.74) is 0.466. The second-order valence-electron chi connectivity index (χ2n) is 5.35. The third-order valence-electron chi connectivity index (χ3n) is 3.59. The average Bonchev–Trinajstić information content (AvgIpc) is 3.07. The summed E-state index contributed by atoms with van der Waals surface area (Å²) in [6.07, 6.45) is 0. The molecule has 1 amide bonds. The minimum absolute atomic E-state index is 0.101. The molecule has 9 heteroatoms. The summed E-state index contributed by atoms with van der Waals surface area (Å²) in [4.78, 5) is 29.3. The van der Waals surface area contributed by atoms with Crippen LogP contribution in [0.1, 0.15) is 25.6 Å². The Bertz CT molecular complexity index is 1070. The Morgan fingerprint density at radius 1 is 1.18 bits per heavy atom. The second-order valence-corrected chi connectivity index (χ2v) is 6.77. The number of nitrogens with one attached hydrogen (secondary N) is 1. The van der Waals surface area contributed by atoms with Crippen LogP contribution in [0.5, 0.6) is 11.5 Å². The van der Waals surface area contributed by atoms with E-state index in [1.54, 1.807) is 36.4 Å². The summed E-state index contributed by atoms with van der Waals surface area (Å²) >= 11 is 5.08. The fourth-order valence-electron chi connectivity index (χ4n) is 2.23. The topological polar surface area (TPSA) is 101 Å². The van der Waals surface area contributed by atoms with Crippen molar-refractivity contribution in [1.82, 2.24) is 4.98 Å². The number of amides is 1. The van der Waals surface area contributed by atoms with E-state index in [1.165, 1.54) is 19.2 Å². The number of aromatic nitrogens is 1. The van der Waals surface area contributed by atoms with E-state index >= 15 is 0 Å². The van der Waals surface area contributed by atoms with Crippen LogP contribution in [0.4, 0.5) is 5.13 Å². The van der Waals surface area contributed by atoms with Gasteiger partial charge in [-0.1, -0.05) is 23.5 Å². The van der Waals surface area contributed by atoms with Gasteiger partial charge in [0.05, 0.1) is 18.2 Å². The minimum Gasteiger partial charge on any atom is -0.497 e. The lowest BCUT2D eigenvalue weighted by Crippen LogP contribution is -2.16. The molecule has 2 aromatic carbocycles. The highest BCUT2D eigenvalue weighted by Gasteiger charge is 2.18. The van der Waals surface area contributed by atoms with Crippen LogP contribution in [-0.2, 0) is 0 Å². The van der Waals surface area contributed by atoms with Gasteiger partial charge in [0, 0.05) is 0 Å². The quantitative estimate of drug-likeness (QED) is 0.376. The monoisotopic (exact) mass is 411 g/mol. The Kier molecular flexibility index (Phi) is 5.93. The molecule has 0 aliphatic heterocycles. The average molecular weight is 411 g/mol. The van der Waals surface area contributed by atoms with E-state index in [2.05, 4.69) is 22.9 Å². The van der Waals surface area contributed by atoms with E-state index < -0.39 is 11.9 Å². The standard InChI is InChI=1S/C19H13N3O4S2/c1-25-12-8-6-11(7-9-12)18(24)26-14-5-3-2-4-13(14)16(23)21-19-22-17(27)15(10-20)28-19/h2-9,27H,1H3,(H,21,22,23). The number of esters is 1. The summed E-state index contributed by atoms with van der Waals surface area (Å²) in [5.74, 6) is -0.421. The first-order chi connectivity index (χ1) is 13.5. The number of hydrogen-bond donors (Lipinski definition) is 2. The molecule has 3 rings (SSSR count). The normalized spacial score (nSPS) is 10.0. The molecule has 0 saturated carbocycles. The van der Waals surface area contributed by atoms with Gasteiger partial charge in [0.2, 0.25) is 0 Å². The van der Waals surface area contributed by atoms with Gasteiger partial charge in [0.25, 0.3) is 5.91 Å². The molecule has 1 aromatic heterocycles. The van der Waals surface area contributed by atoms with Crippen molar-refractivity contribution in [3.63, 3.8) is 0 Å². The minimum atomic E-state index is -0.610. The van der Waals surface area contributed by atoms with Crippen LogP contribution in [0.2, 0.25) is 0 Å². The molecular weight excluding hydrogens is 398 g/mol. The maximum absolute atomic E-state index is 12.6.